The first-order valence-corrected chi connectivity index (χ1v) is 9.15. The Morgan fingerprint density at radius 1 is 1.30 bits per heavy atom. The Labute approximate surface area is 162 Å². The van der Waals surface area contributed by atoms with E-state index in [9.17, 15) is 9.59 Å². The molecule has 3 rings (SSSR count). The van der Waals surface area contributed by atoms with E-state index in [0.717, 1.165) is 22.6 Å². The maximum absolute atomic E-state index is 12.8. The molecule has 2 heterocycles. The Morgan fingerprint density at radius 3 is 2.67 bits per heavy atom. The maximum Gasteiger partial charge on any atom is 0.306 e. The van der Waals surface area contributed by atoms with E-state index in [1.54, 1.807) is 21.7 Å². The summed E-state index contributed by atoms with van der Waals surface area (Å²) >= 11 is 5.95. The third-order valence-electron chi connectivity index (χ3n) is 4.73. The maximum atomic E-state index is 12.8. The predicted molar refractivity (Wildman–Crippen MR) is 100 cm³/mol. The zero-order valence-electron chi connectivity index (χ0n) is 15.3. The summed E-state index contributed by atoms with van der Waals surface area (Å²) in [6.07, 6.45) is -0.333. The standard InChI is InChI=1S/C19H22ClN3O4/c1-12-17(13(2)23(21-12)15-5-3-14(20)4-6-15)10-18(24)22-7-8-27-16(11-22)9-19(25)26/h3-6,16H,7-11H2,1-2H3,(H,25,26). The number of benzene rings is 1. The van der Waals surface area contributed by atoms with Crippen molar-refractivity contribution in [2.75, 3.05) is 19.7 Å². The molecule has 1 aromatic carbocycles. The number of ether oxygens (including phenoxy) is 1. The van der Waals surface area contributed by atoms with Gasteiger partial charge in [0.15, 0.2) is 0 Å². The highest BCUT2D eigenvalue weighted by atomic mass is 35.5. The Kier molecular flexibility index (Phi) is 5.82. The molecule has 8 heteroatoms. The van der Waals surface area contributed by atoms with Crippen molar-refractivity contribution in [3.05, 3.63) is 46.2 Å². The highest BCUT2D eigenvalue weighted by molar-refractivity contribution is 6.30. The van der Waals surface area contributed by atoms with Gasteiger partial charge in [-0.05, 0) is 38.1 Å². The number of morpholine rings is 1. The molecular formula is C19H22ClN3O4. The lowest BCUT2D eigenvalue weighted by atomic mass is 10.1. The molecule has 1 aliphatic heterocycles. The van der Waals surface area contributed by atoms with Crippen molar-refractivity contribution in [1.29, 1.82) is 0 Å². The van der Waals surface area contributed by atoms with Gasteiger partial charge in [-0.2, -0.15) is 5.10 Å². The van der Waals surface area contributed by atoms with Crippen LogP contribution in [0.5, 0.6) is 0 Å². The SMILES string of the molecule is Cc1nn(-c2ccc(Cl)cc2)c(C)c1CC(=O)N1CCOC(CC(=O)O)C1. The van der Waals surface area contributed by atoms with Crippen LogP contribution in [0.4, 0.5) is 0 Å². The fraction of sp³-hybridized carbons (Fsp3) is 0.421. The Morgan fingerprint density at radius 2 is 2.00 bits per heavy atom. The molecule has 0 bridgehead atoms. The number of aryl methyl sites for hydroxylation is 1. The Bertz CT molecular complexity index is 847. The number of halogens is 1. The van der Waals surface area contributed by atoms with E-state index in [4.69, 9.17) is 21.4 Å². The van der Waals surface area contributed by atoms with Crippen LogP contribution >= 0.6 is 11.6 Å². The highest BCUT2D eigenvalue weighted by Crippen LogP contribution is 2.21. The van der Waals surface area contributed by atoms with Crippen molar-refractivity contribution >= 4 is 23.5 Å². The lowest BCUT2D eigenvalue weighted by molar-refractivity contribution is -0.147. The van der Waals surface area contributed by atoms with Crippen molar-refractivity contribution < 1.29 is 19.4 Å². The molecule has 1 atom stereocenters. The van der Waals surface area contributed by atoms with Crippen LogP contribution in [-0.2, 0) is 20.7 Å². The summed E-state index contributed by atoms with van der Waals surface area (Å²) in [5.74, 6) is -0.972. The third kappa shape index (κ3) is 4.48. The fourth-order valence-corrected chi connectivity index (χ4v) is 3.42. The van der Waals surface area contributed by atoms with Gasteiger partial charge >= 0.3 is 5.97 Å². The Balaban J connectivity index is 1.74. The van der Waals surface area contributed by atoms with Gasteiger partial charge in [0.1, 0.15) is 0 Å². The first-order chi connectivity index (χ1) is 12.8. The summed E-state index contributed by atoms with van der Waals surface area (Å²) in [5.41, 5.74) is 3.47. The van der Waals surface area contributed by atoms with Gasteiger partial charge in [0, 0.05) is 29.4 Å². The third-order valence-corrected chi connectivity index (χ3v) is 4.99. The molecule has 0 saturated carbocycles. The van der Waals surface area contributed by atoms with E-state index in [1.165, 1.54) is 0 Å². The minimum absolute atomic E-state index is 0.0458. The fourth-order valence-electron chi connectivity index (χ4n) is 3.29. The van der Waals surface area contributed by atoms with Gasteiger partial charge in [-0.1, -0.05) is 11.6 Å². The molecule has 1 fully saturated rings. The lowest BCUT2D eigenvalue weighted by Crippen LogP contribution is -2.46. The van der Waals surface area contributed by atoms with Crippen LogP contribution in [-0.4, -0.2) is 57.5 Å². The number of amides is 1. The number of hydrogen-bond acceptors (Lipinski definition) is 4. The normalized spacial score (nSPS) is 17.1. The summed E-state index contributed by atoms with van der Waals surface area (Å²) in [4.78, 5) is 25.3. The molecule has 1 aromatic heterocycles. The van der Waals surface area contributed by atoms with Crippen LogP contribution in [0, 0.1) is 13.8 Å². The molecule has 0 spiro atoms. The van der Waals surface area contributed by atoms with Crippen LogP contribution < -0.4 is 0 Å². The van der Waals surface area contributed by atoms with Crippen molar-refractivity contribution in [1.82, 2.24) is 14.7 Å². The summed E-state index contributed by atoms with van der Waals surface area (Å²) in [6, 6.07) is 7.36. The summed E-state index contributed by atoms with van der Waals surface area (Å²) in [7, 11) is 0. The van der Waals surface area contributed by atoms with E-state index >= 15 is 0 Å². The van der Waals surface area contributed by atoms with Crippen LogP contribution in [0.15, 0.2) is 24.3 Å². The molecule has 0 radical (unpaired) electrons. The first kappa shape index (κ1) is 19.4. The van der Waals surface area contributed by atoms with Gasteiger partial charge in [-0.25, -0.2) is 4.68 Å². The number of hydrogen-bond donors (Lipinski definition) is 1. The van der Waals surface area contributed by atoms with E-state index in [1.807, 2.05) is 26.0 Å². The number of carboxylic acids is 1. The molecule has 27 heavy (non-hydrogen) atoms. The lowest BCUT2D eigenvalue weighted by Gasteiger charge is -2.32. The zero-order valence-corrected chi connectivity index (χ0v) is 16.1. The highest BCUT2D eigenvalue weighted by Gasteiger charge is 2.27. The molecular weight excluding hydrogens is 370 g/mol. The Hall–Kier alpha value is -2.38. The zero-order chi connectivity index (χ0) is 19.6. The average Bonchev–Trinajstić information content (AvgIpc) is 2.90. The quantitative estimate of drug-likeness (QED) is 0.845. The number of nitrogens with zero attached hydrogens (tertiary/aromatic N) is 3. The second-order valence-electron chi connectivity index (χ2n) is 6.64. The van der Waals surface area contributed by atoms with Crippen molar-refractivity contribution in [2.45, 2.75) is 32.8 Å². The molecule has 1 N–H and O–H groups in total. The van der Waals surface area contributed by atoms with Crippen LogP contribution in [0.1, 0.15) is 23.4 Å². The van der Waals surface area contributed by atoms with Crippen molar-refractivity contribution in [3.63, 3.8) is 0 Å². The number of aromatic nitrogens is 2. The van der Waals surface area contributed by atoms with Gasteiger partial charge in [0.25, 0.3) is 0 Å². The topological polar surface area (TPSA) is 84.7 Å². The molecule has 0 aliphatic carbocycles. The number of aliphatic carboxylic acids is 1. The predicted octanol–water partition coefficient (Wildman–Crippen LogP) is 2.39. The van der Waals surface area contributed by atoms with Gasteiger partial charge in [-0.3, -0.25) is 9.59 Å². The van der Waals surface area contributed by atoms with Crippen LogP contribution in [0.3, 0.4) is 0 Å². The molecule has 144 valence electrons. The summed E-state index contributed by atoms with van der Waals surface area (Å²) in [5, 5.41) is 14.1. The minimum atomic E-state index is -0.926. The number of carboxylic acid groups (broad SMARTS) is 1. The first-order valence-electron chi connectivity index (χ1n) is 8.77. The molecule has 1 unspecified atom stereocenters. The minimum Gasteiger partial charge on any atom is -0.481 e. The number of carbonyl (C=O) groups excluding carboxylic acids is 1. The summed E-state index contributed by atoms with van der Waals surface area (Å²) < 4.78 is 7.24. The smallest absolute Gasteiger partial charge is 0.306 e. The summed E-state index contributed by atoms with van der Waals surface area (Å²) in [6.45, 7) is 4.94. The van der Waals surface area contributed by atoms with Crippen molar-refractivity contribution in [2.24, 2.45) is 0 Å². The van der Waals surface area contributed by atoms with E-state index in [2.05, 4.69) is 5.10 Å². The van der Waals surface area contributed by atoms with Crippen LogP contribution in [0.25, 0.3) is 5.69 Å². The monoisotopic (exact) mass is 391 g/mol. The molecule has 2 aromatic rings. The second kappa shape index (κ2) is 8.10. The number of rotatable bonds is 5. The van der Waals surface area contributed by atoms with Crippen LogP contribution in [0.2, 0.25) is 5.02 Å². The van der Waals surface area contributed by atoms with Gasteiger partial charge < -0.3 is 14.7 Å². The van der Waals surface area contributed by atoms with Gasteiger partial charge in [-0.15, -0.1) is 0 Å². The molecule has 1 aliphatic rings. The van der Waals surface area contributed by atoms with E-state index < -0.39 is 12.1 Å². The molecule has 7 nitrogen and oxygen atoms in total. The average molecular weight is 392 g/mol. The van der Waals surface area contributed by atoms with E-state index in [-0.39, 0.29) is 18.7 Å². The van der Waals surface area contributed by atoms with Gasteiger partial charge in [0.05, 0.1) is 36.9 Å². The second-order valence-corrected chi connectivity index (χ2v) is 7.08. The molecule has 1 amide bonds. The van der Waals surface area contributed by atoms with Crippen molar-refractivity contribution in [3.8, 4) is 5.69 Å². The largest absolute Gasteiger partial charge is 0.481 e. The molecule has 1 saturated heterocycles. The number of carbonyl (C=O) groups is 2. The van der Waals surface area contributed by atoms with E-state index in [0.29, 0.717) is 24.7 Å². The van der Waals surface area contributed by atoms with Gasteiger partial charge in [0.2, 0.25) is 5.91 Å².